The van der Waals surface area contributed by atoms with Crippen molar-refractivity contribution in [3.8, 4) is 0 Å². The van der Waals surface area contributed by atoms with E-state index in [4.69, 9.17) is 4.42 Å². The number of likely N-dealkylation sites (N-methyl/N-ethyl adjacent to an activating group) is 1. The van der Waals surface area contributed by atoms with Gasteiger partial charge in [0.1, 0.15) is 0 Å². The second kappa shape index (κ2) is 9.76. The van der Waals surface area contributed by atoms with E-state index < -0.39 is 0 Å². The molecule has 0 radical (unpaired) electrons. The lowest BCUT2D eigenvalue weighted by molar-refractivity contribution is -0.116. The Morgan fingerprint density at radius 1 is 1.03 bits per heavy atom. The van der Waals surface area contributed by atoms with Gasteiger partial charge in [-0.1, -0.05) is 0 Å². The van der Waals surface area contributed by atoms with Crippen LogP contribution in [0.25, 0.3) is 0 Å². The SMILES string of the molecule is CN(CC(=O)Nc1ccc(N2CCN(C(=O)NC(C)(C)C)CC2)cc1)C(=O)c1ccco1. The number of rotatable bonds is 5. The number of carbonyl (C=O) groups is 3. The maximum atomic E-state index is 12.3. The van der Waals surface area contributed by atoms with E-state index in [0.29, 0.717) is 18.8 Å². The summed E-state index contributed by atoms with van der Waals surface area (Å²) >= 11 is 0. The van der Waals surface area contributed by atoms with Gasteiger partial charge in [0.15, 0.2) is 5.76 Å². The molecule has 1 aromatic carbocycles. The number of carbonyl (C=O) groups excluding carboxylic acids is 3. The zero-order chi connectivity index (χ0) is 23.3. The van der Waals surface area contributed by atoms with Crippen molar-refractivity contribution in [2.24, 2.45) is 0 Å². The molecule has 1 aliphatic rings. The lowest BCUT2D eigenvalue weighted by Crippen LogP contribution is -2.55. The molecule has 1 aliphatic heterocycles. The minimum atomic E-state index is -0.351. The maximum Gasteiger partial charge on any atom is 0.317 e. The molecule has 1 fully saturated rings. The summed E-state index contributed by atoms with van der Waals surface area (Å²) in [6.07, 6.45) is 1.42. The monoisotopic (exact) mass is 441 g/mol. The van der Waals surface area contributed by atoms with Crippen molar-refractivity contribution < 1.29 is 18.8 Å². The van der Waals surface area contributed by atoms with E-state index in [0.717, 1.165) is 18.8 Å². The van der Waals surface area contributed by atoms with Crippen LogP contribution in [-0.2, 0) is 4.79 Å². The molecule has 3 rings (SSSR count). The van der Waals surface area contributed by atoms with Crippen LogP contribution in [0.5, 0.6) is 0 Å². The van der Waals surface area contributed by atoms with Gasteiger partial charge in [-0.3, -0.25) is 9.59 Å². The van der Waals surface area contributed by atoms with Crippen LogP contribution in [-0.4, -0.2) is 73.0 Å². The second-order valence-corrected chi connectivity index (χ2v) is 8.89. The maximum absolute atomic E-state index is 12.3. The van der Waals surface area contributed by atoms with E-state index in [9.17, 15) is 14.4 Å². The van der Waals surface area contributed by atoms with Gasteiger partial charge in [-0.15, -0.1) is 0 Å². The number of benzene rings is 1. The molecule has 32 heavy (non-hydrogen) atoms. The van der Waals surface area contributed by atoms with Crippen LogP contribution < -0.4 is 15.5 Å². The fourth-order valence-electron chi connectivity index (χ4n) is 3.40. The number of hydrogen-bond acceptors (Lipinski definition) is 5. The molecule has 172 valence electrons. The molecule has 2 aromatic rings. The van der Waals surface area contributed by atoms with Gasteiger partial charge in [-0.25, -0.2) is 4.79 Å². The highest BCUT2D eigenvalue weighted by molar-refractivity contribution is 5.98. The average Bonchev–Trinajstić information content (AvgIpc) is 3.27. The van der Waals surface area contributed by atoms with Gasteiger partial charge in [0.25, 0.3) is 5.91 Å². The normalized spacial score (nSPS) is 14.1. The lowest BCUT2D eigenvalue weighted by atomic mass is 10.1. The lowest BCUT2D eigenvalue weighted by Gasteiger charge is -2.37. The number of piperazine rings is 1. The number of amides is 4. The van der Waals surface area contributed by atoms with E-state index in [1.807, 2.05) is 49.9 Å². The van der Waals surface area contributed by atoms with E-state index in [-0.39, 0.29) is 35.7 Å². The van der Waals surface area contributed by atoms with Crippen LogP contribution in [0.4, 0.5) is 16.2 Å². The third-order valence-corrected chi connectivity index (χ3v) is 5.02. The Kier molecular flexibility index (Phi) is 7.07. The summed E-state index contributed by atoms with van der Waals surface area (Å²) in [6.45, 7) is 8.60. The van der Waals surface area contributed by atoms with E-state index in [2.05, 4.69) is 15.5 Å². The average molecular weight is 442 g/mol. The van der Waals surface area contributed by atoms with Crippen molar-refractivity contribution in [2.45, 2.75) is 26.3 Å². The van der Waals surface area contributed by atoms with Crippen molar-refractivity contribution in [2.75, 3.05) is 50.0 Å². The molecule has 9 heteroatoms. The summed E-state index contributed by atoms with van der Waals surface area (Å²) in [5.41, 5.74) is 1.43. The largest absolute Gasteiger partial charge is 0.459 e. The smallest absolute Gasteiger partial charge is 0.317 e. The van der Waals surface area contributed by atoms with E-state index in [1.54, 1.807) is 19.2 Å². The van der Waals surface area contributed by atoms with Crippen LogP contribution in [0, 0.1) is 0 Å². The number of urea groups is 1. The molecule has 0 spiro atoms. The summed E-state index contributed by atoms with van der Waals surface area (Å²) in [4.78, 5) is 42.1. The summed E-state index contributed by atoms with van der Waals surface area (Å²) in [5, 5.41) is 5.80. The van der Waals surface area contributed by atoms with Crippen molar-refractivity contribution in [1.82, 2.24) is 15.1 Å². The molecule has 1 aromatic heterocycles. The van der Waals surface area contributed by atoms with Gasteiger partial charge in [-0.05, 0) is 57.2 Å². The van der Waals surface area contributed by atoms with E-state index >= 15 is 0 Å². The summed E-state index contributed by atoms with van der Waals surface area (Å²) in [5.74, 6) is -0.449. The van der Waals surface area contributed by atoms with Crippen molar-refractivity contribution in [3.63, 3.8) is 0 Å². The molecular weight excluding hydrogens is 410 g/mol. The fourth-order valence-corrected chi connectivity index (χ4v) is 3.40. The molecule has 2 heterocycles. The minimum absolute atomic E-state index is 0.0364. The predicted octanol–water partition coefficient (Wildman–Crippen LogP) is 2.62. The molecule has 0 bridgehead atoms. The minimum Gasteiger partial charge on any atom is -0.459 e. The Balaban J connectivity index is 1.47. The van der Waals surface area contributed by atoms with Gasteiger partial charge in [0.05, 0.1) is 12.8 Å². The molecule has 0 saturated carbocycles. The molecule has 2 N–H and O–H groups in total. The van der Waals surface area contributed by atoms with Crippen LogP contribution in [0.2, 0.25) is 0 Å². The third kappa shape index (κ3) is 6.26. The molecule has 0 aliphatic carbocycles. The Morgan fingerprint density at radius 3 is 2.25 bits per heavy atom. The van der Waals surface area contributed by atoms with Crippen molar-refractivity contribution in [1.29, 1.82) is 0 Å². The van der Waals surface area contributed by atoms with Crippen molar-refractivity contribution >= 4 is 29.2 Å². The zero-order valence-corrected chi connectivity index (χ0v) is 19.1. The second-order valence-electron chi connectivity index (χ2n) is 8.89. The molecule has 1 saturated heterocycles. The highest BCUT2D eigenvalue weighted by atomic mass is 16.3. The Labute approximate surface area is 188 Å². The zero-order valence-electron chi connectivity index (χ0n) is 19.1. The molecule has 9 nitrogen and oxygen atoms in total. The molecule has 0 atom stereocenters. The van der Waals surface area contributed by atoms with Gasteiger partial charge < -0.3 is 29.8 Å². The van der Waals surface area contributed by atoms with Gasteiger partial charge in [0, 0.05) is 50.1 Å². The standard InChI is InChI=1S/C23H31N5O4/c1-23(2,3)25-22(31)28-13-11-27(12-14-28)18-9-7-17(8-10-18)24-20(29)16-26(4)21(30)19-6-5-15-32-19/h5-10,15H,11-14,16H2,1-4H3,(H,24,29)(H,25,31). The van der Waals surface area contributed by atoms with Gasteiger partial charge in [0.2, 0.25) is 5.91 Å². The first-order valence-electron chi connectivity index (χ1n) is 10.6. The van der Waals surface area contributed by atoms with E-state index in [1.165, 1.54) is 11.2 Å². The first-order valence-corrected chi connectivity index (χ1v) is 10.6. The highest BCUT2D eigenvalue weighted by Crippen LogP contribution is 2.20. The van der Waals surface area contributed by atoms with Crippen LogP contribution in [0.1, 0.15) is 31.3 Å². The number of nitrogens with zero attached hydrogens (tertiary/aromatic N) is 3. The van der Waals surface area contributed by atoms with Gasteiger partial charge in [-0.2, -0.15) is 0 Å². The number of anilines is 2. The Hall–Kier alpha value is -3.49. The summed E-state index contributed by atoms with van der Waals surface area (Å²) in [6, 6.07) is 10.7. The van der Waals surface area contributed by atoms with Crippen molar-refractivity contribution in [3.05, 3.63) is 48.4 Å². The van der Waals surface area contributed by atoms with Crippen LogP contribution >= 0.6 is 0 Å². The van der Waals surface area contributed by atoms with Gasteiger partial charge >= 0.3 is 6.03 Å². The third-order valence-electron chi connectivity index (χ3n) is 5.02. The predicted molar refractivity (Wildman–Crippen MR) is 123 cm³/mol. The number of hydrogen-bond donors (Lipinski definition) is 2. The quantitative estimate of drug-likeness (QED) is 0.743. The molecule has 0 unspecified atom stereocenters. The molecule has 4 amide bonds. The first-order chi connectivity index (χ1) is 15.1. The summed E-state index contributed by atoms with van der Waals surface area (Å²) in [7, 11) is 1.55. The Bertz CT molecular complexity index is 926. The topological polar surface area (TPSA) is 98.1 Å². The Morgan fingerprint density at radius 2 is 1.69 bits per heavy atom. The number of nitrogens with one attached hydrogen (secondary N) is 2. The fraction of sp³-hybridized carbons (Fsp3) is 0.435. The number of furan rings is 1. The van der Waals surface area contributed by atoms with Crippen LogP contribution in [0.3, 0.4) is 0 Å². The highest BCUT2D eigenvalue weighted by Gasteiger charge is 2.24. The molecular formula is C23H31N5O4. The summed E-state index contributed by atoms with van der Waals surface area (Å²) < 4.78 is 5.08. The van der Waals surface area contributed by atoms with Crippen LogP contribution in [0.15, 0.2) is 47.1 Å². The first kappa shape index (κ1) is 23.2.